The Morgan fingerprint density at radius 2 is 2.41 bits per heavy atom. The molecule has 0 aromatic carbocycles. The molecule has 2 aromatic rings. The van der Waals surface area contributed by atoms with Crippen LogP contribution in [0.2, 0.25) is 5.15 Å². The largest absolute Gasteiger partial charge is 0.343 e. The summed E-state index contributed by atoms with van der Waals surface area (Å²) in [6.07, 6.45) is 1.51. The summed E-state index contributed by atoms with van der Waals surface area (Å²) in [7, 11) is 0. The summed E-state index contributed by atoms with van der Waals surface area (Å²) in [5, 5.41) is 6.38. The smallest absolute Gasteiger partial charge is 0.254 e. The van der Waals surface area contributed by atoms with Crippen LogP contribution in [0.4, 0.5) is 0 Å². The number of aryl methyl sites for hydroxylation is 1. The van der Waals surface area contributed by atoms with Crippen molar-refractivity contribution in [1.82, 2.24) is 20.4 Å². The number of halogens is 1. The molecule has 0 saturated heterocycles. The van der Waals surface area contributed by atoms with E-state index in [9.17, 15) is 4.79 Å². The van der Waals surface area contributed by atoms with Gasteiger partial charge in [0.2, 0.25) is 5.89 Å². The van der Waals surface area contributed by atoms with Crippen molar-refractivity contribution in [2.45, 2.75) is 13.5 Å². The normalized spacial score (nSPS) is 10.2. The van der Waals surface area contributed by atoms with Crippen LogP contribution in [0.3, 0.4) is 0 Å². The first-order valence-electron chi connectivity index (χ1n) is 4.84. The Labute approximate surface area is 102 Å². The summed E-state index contributed by atoms with van der Waals surface area (Å²) < 4.78 is 4.86. The van der Waals surface area contributed by atoms with E-state index in [0.29, 0.717) is 17.3 Å². The maximum absolute atomic E-state index is 11.7. The van der Waals surface area contributed by atoms with Crippen LogP contribution in [0.1, 0.15) is 22.1 Å². The molecule has 6 nitrogen and oxygen atoms in total. The third-order valence-corrected chi connectivity index (χ3v) is 2.27. The number of pyridine rings is 1. The van der Waals surface area contributed by atoms with Gasteiger partial charge in [-0.1, -0.05) is 16.8 Å². The highest BCUT2D eigenvalue weighted by Crippen LogP contribution is 2.11. The fraction of sp³-hybridized carbons (Fsp3) is 0.200. The Morgan fingerprint density at radius 3 is 3.06 bits per heavy atom. The van der Waals surface area contributed by atoms with Crippen LogP contribution in [0.15, 0.2) is 22.9 Å². The molecular weight excluding hydrogens is 244 g/mol. The van der Waals surface area contributed by atoms with Gasteiger partial charge in [0.15, 0.2) is 5.82 Å². The molecule has 0 aliphatic carbocycles. The minimum absolute atomic E-state index is 0.158. The molecule has 0 spiro atoms. The van der Waals surface area contributed by atoms with Crippen LogP contribution in [0.5, 0.6) is 0 Å². The molecule has 0 atom stereocenters. The molecule has 0 aliphatic heterocycles. The van der Waals surface area contributed by atoms with Crippen molar-refractivity contribution in [3.8, 4) is 0 Å². The van der Waals surface area contributed by atoms with Crippen LogP contribution < -0.4 is 5.32 Å². The van der Waals surface area contributed by atoms with Crippen LogP contribution in [-0.4, -0.2) is 21.0 Å². The van der Waals surface area contributed by atoms with Crippen molar-refractivity contribution in [2.24, 2.45) is 0 Å². The van der Waals surface area contributed by atoms with E-state index in [-0.39, 0.29) is 17.6 Å². The van der Waals surface area contributed by atoms with E-state index < -0.39 is 0 Å². The van der Waals surface area contributed by atoms with Crippen LogP contribution >= 0.6 is 11.6 Å². The van der Waals surface area contributed by atoms with Crippen molar-refractivity contribution in [1.29, 1.82) is 0 Å². The minimum atomic E-state index is -0.334. The molecule has 2 aromatic heterocycles. The lowest BCUT2D eigenvalue weighted by atomic mass is 10.2. The van der Waals surface area contributed by atoms with Crippen LogP contribution in [-0.2, 0) is 6.54 Å². The van der Waals surface area contributed by atoms with Crippen molar-refractivity contribution >= 4 is 17.5 Å². The third-order valence-electron chi connectivity index (χ3n) is 1.97. The SMILES string of the molecule is Cc1noc(CNC(=O)c2cccnc2Cl)n1. The number of amides is 1. The van der Waals surface area contributed by atoms with Crippen LogP contribution in [0, 0.1) is 6.92 Å². The van der Waals surface area contributed by atoms with Gasteiger partial charge in [-0.25, -0.2) is 4.98 Å². The molecule has 1 amide bonds. The first-order valence-corrected chi connectivity index (χ1v) is 5.22. The first kappa shape index (κ1) is 11.5. The molecular formula is C10H9ClN4O2. The lowest BCUT2D eigenvalue weighted by Gasteiger charge is -2.02. The zero-order valence-corrected chi connectivity index (χ0v) is 9.73. The van der Waals surface area contributed by atoms with Gasteiger partial charge < -0.3 is 9.84 Å². The number of carbonyl (C=O) groups excluding carboxylic acids is 1. The number of aromatic nitrogens is 3. The second kappa shape index (κ2) is 4.92. The predicted octanol–water partition coefficient (Wildman–Crippen LogP) is 1.36. The number of nitrogens with one attached hydrogen (secondary N) is 1. The molecule has 0 unspecified atom stereocenters. The maximum Gasteiger partial charge on any atom is 0.254 e. The molecule has 17 heavy (non-hydrogen) atoms. The summed E-state index contributed by atoms with van der Waals surface area (Å²) in [5.74, 6) is 0.531. The second-order valence-corrected chi connectivity index (χ2v) is 3.62. The average Bonchev–Trinajstić information content (AvgIpc) is 2.73. The Hall–Kier alpha value is -1.95. The van der Waals surface area contributed by atoms with Gasteiger partial charge in [-0.2, -0.15) is 4.98 Å². The summed E-state index contributed by atoms with van der Waals surface area (Å²) in [5.41, 5.74) is 0.311. The Kier molecular flexibility index (Phi) is 3.34. The lowest BCUT2D eigenvalue weighted by Crippen LogP contribution is -2.23. The Morgan fingerprint density at radius 1 is 1.59 bits per heavy atom. The summed E-state index contributed by atoms with van der Waals surface area (Å²) in [4.78, 5) is 19.5. The van der Waals surface area contributed by atoms with E-state index in [4.69, 9.17) is 16.1 Å². The van der Waals surface area contributed by atoms with E-state index in [1.807, 2.05) is 0 Å². The molecule has 88 valence electrons. The second-order valence-electron chi connectivity index (χ2n) is 3.26. The molecule has 0 saturated carbocycles. The highest BCUT2D eigenvalue weighted by Gasteiger charge is 2.11. The Bertz CT molecular complexity index is 541. The van der Waals surface area contributed by atoms with Crippen molar-refractivity contribution in [3.63, 3.8) is 0 Å². The molecule has 7 heteroatoms. The van der Waals surface area contributed by atoms with Gasteiger partial charge in [0, 0.05) is 6.20 Å². The molecule has 0 bridgehead atoms. The molecule has 2 heterocycles. The number of hydrogen-bond donors (Lipinski definition) is 1. The highest BCUT2D eigenvalue weighted by atomic mass is 35.5. The molecule has 0 radical (unpaired) electrons. The van der Waals surface area contributed by atoms with Gasteiger partial charge >= 0.3 is 0 Å². The first-order chi connectivity index (χ1) is 8.16. The standard InChI is InChI=1S/C10H9ClN4O2/c1-6-14-8(17-15-6)5-13-10(16)7-3-2-4-12-9(7)11/h2-4H,5H2,1H3,(H,13,16). The predicted molar refractivity (Wildman–Crippen MR) is 59.5 cm³/mol. The quantitative estimate of drug-likeness (QED) is 0.834. The summed E-state index contributed by atoms with van der Waals surface area (Å²) in [6.45, 7) is 1.86. The van der Waals surface area contributed by atoms with Gasteiger partial charge in [-0.3, -0.25) is 4.79 Å². The lowest BCUT2D eigenvalue weighted by molar-refractivity contribution is 0.0946. The van der Waals surface area contributed by atoms with Crippen molar-refractivity contribution in [3.05, 3.63) is 40.8 Å². The zero-order valence-electron chi connectivity index (χ0n) is 8.98. The molecule has 2 rings (SSSR count). The zero-order chi connectivity index (χ0) is 12.3. The van der Waals surface area contributed by atoms with E-state index in [1.165, 1.54) is 6.20 Å². The maximum atomic E-state index is 11.7. The van der Waals surface area contributed by atoms with Gasteiger partial charge in [0.05, 0.1) is 12.1 Å². The van der Waals surface area contributed by atoms with Crippen molar-refractivity contribution in [2.75, 3.05) is 0 Å². The monoisotopic (exact) mass is 252 g/mol. The minimum Gasteiger partial charge on any atom is -0.343 e. The van der Waals surface area contributed by atoms with E-state index in [1.54, 1.807) is 19.1 Å². The Balaban J connectivity index is 2.01. The number of nitrogens with zero attached hydrogens (tertiary/aromatic N) is 3. The average molecular weight is 253 g/mol. The fourth-order valence-electron chi connectivity index (χ4n) is 1.22. The van der Waals surface area contributed by atoms with Crippen molar-refractivity contribution < 1.29 is 9.32 Å². The highest BCUT2D eigenvalue weighted by molar-refractivity contribution is 6.32. The number of carbonyl (C=O) groups is 1. The molecule has 0 aliphatic rings. The van der Waals surface area contributed by atoms with Gasteiger partial charge in [0.25, 0.3) is 5.91 Å². The molecule has 1 N–H and O–H groups in total. The van der Waals surface area contributed by atoms with E-state index in [0.717, 1.165) is 0 Å². The van der Waals surface area contributed by atoms with E-state index in [2.05, 4.69) is 20.4 Å². The fourth-order valence-corrected chi connectivity index (χ4v) is 1.42. The van der Waals surface area contributed by atoms with Gasteiger partial charge in [-0.05, 0) is 19.1 Å². The number of hydrogen-bond acceptors (Lipinski definition) is 5. The van der Waals surface area contributed by atoms with Crippen LogP contribution in [0.25, 0.3) is 0 Å². The third kappa shape index (κ3) is 2.79. The van der Waals surface area contributed by atoms with Gasteiger partial charge in [0.1, 0.15) is 5.15 Å². The number of rotatable bonds is 3. The molecule has 0 fully saturated rings. The topological polar surface area (TPSA) is 80.9 Å². The summed E-state index contributed by atoms with van der Waals surface area (Å²) >= 11 is 5.78. The van der Waals surface area contributed by atoms with Gasteiger partial charge in [-0.15, -0.1) is 0 Å². The van der Waals surface area contributed by atoms with E-state index >= 15 is 0 Å². The summed E-state index contributed by atoms with van der Waals surface area (Å²) in [6, 6.07) is 3.22.